The third-order valence-electron chi connectivity index (χ3n) is 4.42. The standard InChI is InChI=1S/C19H22FNO4S/c1-12-9-14(6-8-16(12)20)26(22,23)21-17-11-19(2,3)25-18-10-13(24-4)5-7-15(17)18/h5-10,17,21H,11H2,1-4H3. The smallest absolute Gasteiger partial charge is 0.241 e. The summed E-state index contributed by atoms with van der Waals surface area (Å²) in [7, 11) is -2.25. The van der Waals surface area contributed by atoms with E-state index in [-0.39, 0.29) is 10.5 Å². The molecule has 1 aliphatic rings. The number of halogens is 1. The van der Waals surface area contributed by atoms with Crippen molar-refractivity contribution in [3.63, 3.8) is 0 Å². The number of rotatable bonds is 4. The summed E-state index contributed by atoms with van der Waals surface area (Å²) in [5.74, 6) is 0.786. The second-order valence-corrected chi connectivity index (χ2v) is 8.77. The molecule has 1 heterocycles. The van der Waals surface area contributed by atoms with E-state index in [0.717, 1.165) is 11.6 Å². The quantitative estimate of drug-likeness (QED) is 0.879. The molecule has 0 bridgehead atoms. The number of hydrogen-bond acceptors (Lipinski definition) is 4. The normalized spacial score (nSPS) is 18.7. The first kappa shape index (κ1) is 18.7. The van der Waals surface area contributed by atoms with Gasteiger partial charge < -0.3 is 9.47 Å². The number of aryl methyl sites for hydroxylation is 1. The van der Waals surface area contributed by atoms with E-state index >= 15 is 0 Å². The molecule has 0 saturated heterocycles. The minimum absolute atomic E-state index is 0.0377. The third-order valence-corrected chi connectivity index (χ3v) is 5.88. The zero-order chi connectivity index (χ0) is 19.1. The van der Waals surface area contributed by atoms with Crippen LogP contribution in [0, 0.1) is 12.7 Å². The molecule has 7 heteroatoms. The first-order valence-corrected chi connectivity index (χ1v) is 9.75. The SMILES string of the molecule is COc1ccc2c(c1)OC(C)(C)CC2NS(=O)(=O)c1ccc(F)c(C)c1. The van der Waals surface area contributed by atoms with Gasteiger partial charge in [0.2, 0.25) is 10.0 Å². The highest BCUT2D eigenvalue weighted by Gasteiger charge is 2.36. The highest BCUT2D eigenvalue weighted by Crippen LogP contribution is 2.41. The van der Waals surface area contributed by atoms with Crippen molar-refractivity contribution in [2.75, 3.05) is 7.11 Å². The van der Waals surface area contributed by atoms with E-state index in [9.17, 15) is 12.8 Å². The first-order valence-electron chi connectivity index (χ1n) is 8.27. The maximum Gasteiger partial charge on any atom is 0.241 e. The molecule has 0 saturated carbocycles. The Morgan fingerprint density at radius 2 is 1.96 bits per heavy atom. The molecule has 140 valence electrons. The van der Waals surface area contributed by atoms with Crippen molar-refractivity contribution >= 4 is 10.0 Å². The highest BCUT2D eigenvalue weighted by molar-refractivity contribution is 7.89. The Balaban J connectivity index is 1.97. The molecule has 1 atom stereocenters. The van der Waals surface area contributed by atoms with Crippen LogP contribution in [0.3, 0.4) is 0 Å². The van der Waals surface area contributed by atoms with Crippen LogP contribution in [0.25, 0.3) is 0 Å². The molecule has 2 aromatic rings. The predicted octanol–water partition coefficient (Wildman–Crippen LogP) is 3.72. The van der Waals surface area contributed by atoms with Crippen LogP contribution in [-0.4, -0.2) is 21.1 Å². The van der Waals surface area contributed by atoms with Gasteiger partial charge in [-0.3, -0.25) is 0 Å². The minimum atomic E-state index is -3.81. The third kappa shape index (κ3) is 3.68. The summed E-state index contributed by atoms with van der Waals surface area (Å²) in [5.41, 5.74) is 0.475. The Labute approximate surface area is 153 Å². The summed E-state index contributed by atoms with van der Waals surface area (Å²) in [4.78, 5) is 0.0377. The van der Waals surface area contributed by atoms with Crippen LogP contribution in [0.5, 0.6) is 11.5 Å². The summed E-state index contributed by atoms with van der Waals surface area (Å²) >= 11 is 0. The molecule has 0 fully saturated rings. The van der Waals surface area contributed by atoms with Crippen molar-refractivity contribution in [1.82, 2.24) is 4.72 Å². The molecule has 0 spiro atoms. The van der Waals surface area contributed by atoms with E-state index in [2.05, 4.69) is 4.72 Å². The van der Waals surface area contributed by atoms with Gasteiger partial charge in [0.1, 0.15) is 22.9 Å². The number of ether oxygens (including phenoxy) is 2. The van der Waals surface area contributed by atoms with Crippen LogP contribution in [0.1, 0.15) is 37.4 Å². The maximum absolute atomic E-state index is 13.5. The predicted molar refractivity (Wildman–Crippen MR) is 96.5 cm³/mol. The lowest BCUT2D eigenvalue weighted by Gasteiger charge is -2.37. The molecule has 26 heavy (non-hydrogen) atoms. The van der Waals surface area contributed by atoms with Gasteiger partial charge in [-0.05, 0) is 50.6 Å². The van der Waals surface area contributed by atoms with Gasteiger partial charge in [0.15, 0.2) is 0 Å². The lowest BCUT2D eigenvalue weighted by molar-refractivity contribution is 0.0699. The van der Waals surface area contributed by atoms with Gasteiger partial charge in [-0.2, -0.15) is 0 Å². The lowest BCUT2D eigenvalue weighted by Crippen LogP contribution is -2.41. The second kappa shape index (κ2) is 6.55. The van der Waals surface area contributed by atoms with Gasteiger partial charge in [0.25, 0.3) is 0 Å². The van der Waals surface area contributed by atoms with E-state index in [4.69, 9.17) is 9.47 Å². The molecular weight excluding hydrogens is 357 g/mol. The van der Waals surface area contributed by atoms with Crippen molar-refractivity contribution in [3.8, 4) is 11.5 Å². The fourth-order valence-corrected chi connectivity index (χ4v) is 4.40. The van der Waals surface area contributed by atoms with Crippen LogP contribution in [0.15, 0.2) is 41.3 Å². The van der Waals surface area contributed by atoms with Gasteiger partial charge in [-0.25, -0.2) is 17.5 Å². The Bertz CT molecular complexity index is 941. The van der Waals surface area contributed by atoms with Crippen LogP contribution in [0.2, 0.25) is 0 Å². The largest absolute Gasteiger partial charge is 0.497 e. The molecule has 0 amide bonds. The molecule has 2 aromatic carbocycles. The van der Waals surface area contributed by atoms with E-state index < -0.39 is 27.5 Å². The van der Waals surface area contributed by atoms with Crippen LogP contribution < -0.4 is 14.2 Å². The van der Waals surface area contributed by atoms with Crippen molar-refractivity contribution in [3.05, 3.63) is 53.3 Å². The fraction of sp³-hybridized carbons (Fsp3) is 0.368. The number of nitrogens with one attached hydrogen (secondary N) is 1. The van der Waals surface area contributed by atoms with Crippen LogP contribution in [-0.2, 0) is 10.0 Å². The lowest BCUT2D eigenvalue weighted by atomic mass is 9.90. The molecule has 3 rings (SSSR count). The number of benzene rings is 2. The average molecular weight is 379 g/mol. The molecule has 1 unspecified atom stereocenters. The number of methoxy groups -OCH3 is 1. The van der Waals surface area contributed by atoms with Crippen molar-refractivity contribution < 1.29 is 22.3 Å². The van der Waals surface area contributed by atoms with Gasteiger partial charge in [-0.15, -0.1) is 0 Å². The summed E-state index contributed by atoms with van der Waals surface area (Å²) < 4.78 is 53.0. The Kier molecular flexibility index (Phi) is 4.71. The van der Waals surface area contributed by atoms with E-state index in [1.165, 1.54) is 19.1 Å². The molecule has 0 aliphatic carbocycles. The Morgan fingerprint density at radius 1 is 1.23 bits per heavy atom. The van der Waals surface area contributed by atoms with E-state index in [0.29, 0.717) is 17.9 Å². The highest BCUT2D eigenvalue weighted by atomic mass is 32.2. The molecule has 0 aromatic heterocycles. The maximum atomic E-state index is 13.5. The average Bonchev–Trinajstić information content (AvgIpc) is 2.55. The van der Waals surface area contributed by atoms with Crippen molar-refractivity contribution in [2.24, 2.45) is 0 Å². The first-order chi connectivity index (χ1) is 12.1. The zero-order valence-corrected chi connectivity index (χ0v) is 16.0. The fourth-order valence-electron chi connectivity index (χ4n) is 3.10. The van der Waals surface area contributed by atoms with Gasteiger partial charge in [0, 0.05) is 18.1 Å². The van der Waals surface area contributed by atoms with Crippen molar-refractivity contribution in [1.29, 1.82) is 0 Å². The number of fused-ring (bicyclic) bond motifs is 1. The van der Waals surface area contributed by atoms with Gasteiger partial charge >= 0.3 is 0 Å². The van der Waals surface area contributed by atoms with Crippen LogP contribution >= 0.6 is 0 Å². The number of sulfonamides is 1. The molecule has 0 radical (unpaired) electrons. The molecule has 5 nitrogen and oxygen atoms in total. The number of hydrogen-bond donors (Lipinski definition) is 1. The topological polar surface area (TPSA) is 64.6 Å². The summed E-state index contributed by atoms with van der Waals surface area (Å²) in [6, 6.07) is 8.61. The van der Waals surface area contributed by atoms with Gasteiger partial charge in [-0.1, -0.05) is 6.07 Å². The molecule has 1 aliphatic heterocycles. The van der Waals surface area contributed by atoms with Gasteiger partial charge in [0.05, 0.1) is 18.0 Å². The Hall–Kier alpha value is -2.12. The van der Waals surface area contributed by atoms with E-state index in [1.807, 2.05) is 13.8 Å². The second-order valence-electron chi connectivity index (χ2n) is 7.05. The minimum Gasteiger partial charge on any atom is -0.497 e. The Morgan fingerprint density at radius 3 is 2.62 bits per heavy atom. The zero-order valence-electron chi connectivity index (χ0n) is 15.2. The summed E-state index contributed by atoms with van der Waals surface area (Å²) in [5, 5.41) is 0. The molecule has 1 N–H and O–H groups in total. The monoisotopic (exact) mass is 379 g/mol. The van der Waals surface area contributed by atoms with Crippen LogP contribution in [0.4, 0.5) is 4.39 Å². The molecular formula is C19H22FNO4S. The van der Waals surface area contributed by atoms with Crippen molar-refractivity contribution in [2.45, 2.75) is 43.7 Å². The summed E-state index contributed by atoms with van der Waals surface area (Å²) in [6.45, 7) is 5.34. The summed E-state index contributed by atoms with van der Waals surface area (Å²) in [6.07, 6.45) is 0.464. The van der Waals surface area contributed by atoms with E-state index in [1.54, 1.807) is 25.3 Å².